The predicted molar refractivity (Wildman–Crippen MR) is 45.7 cm³/mol. The molecule has 74 valence electrons. The molecule has 0 aromatic carbocycles. The normalized spacial score (nSPS) is 11.8. The molecule has 0 saturated carbocycles. The maximum absolute atomic E-state index is 10.6. The third-order valence-electron chi connectivity index (χ3n) is 1.21. The molecule has 0 atom stereocenters. The number of ether oxygens (including phenoxy) is 1. The highest BCUT2D eigenvalue weighted by Crippen LogP contribution is 2.10. The fourth-order valence-corrected chi connectivity index (χ4v) is 1.64. The van der Waals surface area contributed by atoms with Crippen molar-refractivity contribution in [3.8, 4) is 0 Å². The first-order valence-electron chi connectivity index (χ1n) is 3.37. The van der Waals surface area contributed by atoms with Crippen molar-refractivity contribution >= 4 is 19.7 Å². The van der Waals surface area contributed by atoms with Crippen molar-refractivity contribution < 1.29 is 17.7 Å². The van der Waals surface area contributed by atoms with Gasteiger partial charge in [-0.05, 0) is 0 Å². The van der Waals surface area contributed by atoms with Gasteiger partial charge >= 0.3 is 0 Å². The van der Waals surface area contributed by atoms with Gasteiger partial charge in [0.2, 0.25) is 9.05 Å². The van der Waals surface area contributed by atoms with Crippen molar-refractivity contribution in [3.05, 3.63) is 17.5 Å². The lowest BCUT2D eigenvalue weighted by atomic mass is 10.4. The number of halogens is 1. The largest absolute Gasteiger partial charge is 0.377 e. The van der Waals surface area contributed by atoms with Gasteiger partial charge in [0.1, 0.15) is 18.1 Å². The third kappa shape index (κ3) is 3.75. The molecule has 0 amide bonds. The average molecular weight is 226 g/mol. The summed E-state index contributed by atoms with van der Waals surface area (Å²) in [5.41, 5.74) is 0.280. The minimum absolute atomic E-state index is 0.259. The van der Waals surface area contributed by atoms with E-state index in [1.54, 1.807) is 0 Å². The van der Waals surface area contributed by atoms with Crippen LogP contribution in [0.25, 0.3) is 0 Å². The first-order chi connectivity index (χ1) is 6.01. The summed E-state index contributed by atoms with van der Waals surface area (Å²) in [6, 6.07) is 1.49. The van der Waals surface area contributed by atoms with E-state index in [1.807, 2.05) is 0 Å². The molecule has 0 unspecified atom stereocenters. The van der Waals surface area contributed by atoms with Gasteiger partial charge in [-0.15, -0.1) is 0 Å². The van der Waals surface area contributed by atoms with Crippen LogP contribution in [0.4, 0.5) is 0 Å². The highest BCUT2D eigenvalue weighted by atomic mass is 35.7. The molecule has 0 N–H and O–H groups in total. The number of hydrogen-bond acceptors (Lipinski definition) is 5. The Balaban J connectivity index is 2.69. The predicted octanol–water partition coefficient (Wildman–Crippen LogP) is 0.890. The highest BCUT2D eigenvalue weighted by Gasteiger charge is 2.11. The molecule has 1 aromatic rings. The second-order valence-electron chi connectivity index (χ2n) is 2.40. The molecular weight excluding hydrogens is 218 g/mol. The maximum Gasteiger partial charge on any atom is 0.238 e. The second kappa shape index (κ2) is 4.08. The fourth-order valence-electron chi connectivity index (χ4n) is 0.811. The van der Waals surface area contributed by atoms with Crippen LogP contribution in [-0.4, -0.2) is 20.7 Å². The lowest BCUT2D eigenvalue weighted by molar-refractivity contribution is 0.156. The molecule has 13 heavy (non-hydrogen) atoms. The van der Waals surface area contributed by atoms with Crippen LogP contribution in [0.5, 0.6) is 0 Å². The van der Waals surface area contributed by atoms with Gasteiger partial charge in [0.15, 0.2) is 5.76 Å². The van der Waals surface area contributed by atoms with E-state index >= 15 is 0 Å². The Morgan fingerprint density at radius 2 is 2.38 bits per heavy atom. The van der Waals surface area contributed by atoms with E-state index < -0.39 is 9.05 Å². The van der Waals surface area contributed by atoms with E-state index in [9.17, 15) is 8.42 Å². The minimum atomic E-state index is -3.57. The Bertz CT molecular complexity index is 372. The van der Waals surface area contributed by atoms with Gasteiger partial charge in [-0.1, -0.05) is 5.16 Å². The van der Waals surface area contributed by atoms with Crippen molar-refractivity contribution in [1.82, 2.24) is 5.16 Å². The van der Waals surface area contributed by atoms with Crippen molar-refractivity contribution in [1.29, 1.82) is 0 Å². The van der Waals surface area contributed by atoms with Gasteiger partial charge in [0, 0.05) is 23.9 Å². The van der Waals surface area contributed by atoms with Crippen LogP contribution in [0.15, 0.2) is 10.6 Å². The van der Waals surface area contributed by atoms with Crippen LogP contribution >= 0.6 is 10.7 Å². The Labute approximate surface area is 80.0 Å². The SMILES string of the molecule is COCc1cc(CS(=O)(=O)Cl)no1. The van der Waals surface area contributed by atoms with Crippen molar-refractivity contribution in [2.45, 2.75) is 12.4 Å². The lowest BCUT2D eigenvalue weighted by Crippen LogP contribution is -1.94. The quantitative estimate of drug-likeness (QED) is 0.712. The molecule has 0 fully saturated rings. The third-order valence-corrected chi connectivity index (χ3v) is 2.18. The van der Waals surface area contributed by atoms with Gasteiger partial charge < -0.3 is 9.26 Å². The first kappa shape index (κ1) is 10.5. The molecule has 1 rings (SSSR count). The Kier molecular flexibility index (Phi) is 3.29. The molecular formula is C6H8ClNO4S. The van der Waals surface area contributed by atoms with Gasteiger partial charge in [0.25, 0.3) is 0 Å². The van der Waals surface area contributed by atoms with Crippen LogP contribution in [0, 0.1) is 0 Å². The smallest absolute Gasteiger partial charge is 0.238 e. The van der Waals surface area contributed by atoms with Gasteiger partial charge in [0.05, 0.1) is 0 Å². The summed E-state index contributed by atoms with van der Waals surface area (Å²) in [4.78, 5) is 0. The first-order valence-corrected chi connectivity index (χ1v) is 5.85. The summed E-state index contributed by atoms with van der Waals surface area (Å²) < 4.78 is 30.7. The molecule has 1 heterocycles. The zero-order valence-electron chi connectivity index (χ0n) is 6.86. The molecule has 7 heteroatoms. The molecule has 0 spiro atoms. The van der Waals surface area contributed by atoms with E-state index in [2.05, 4.69) is 5.16 Å². The van der Waals surface area contributed by atoms with E-state index in [4.69, 9.17) is 19.9 Å². The van der Waals surface area contributed by atoms with Crippen LogP contribution < -0.4 is 0 Å². The van der Waals surface area contributed by atoms with E-state index in [-0.39, 0.29) is 18.1 Å². The molecule has 5 nitrogen and oxygen atoms in total. The molecule has 0 aliphatic rings. The zero-order chi connectivity index (χ0) is 9.90. The van der Waals surface area contributed by atoms with Crippen LogP contribution in [-0.2, 0) is 26.1 Å². The van der Waals surface area contributed by atoms with Crippen molar-refractivity contribution in [2.75, 3.05) is 7.11 Å². The summed E-state index contributed by atoms with van der Waals surface area (Å²) in [6.45, 7) is 0.259. The van der Waals surface area contributed by atoms with Crippen LogP contribution in [0.1, 0.15) is 11.5 Å². The van der Waals surface area contributed by atoms with Crippen molar-refractivity contribution in [3.63, 3.8) is 0 Å². The van der Waals surface area contributed by atoms with E-state index in [0.29, 0.717) is 5.76 Å². The fraction of sp³-hybridized carbons (Fsp3) is 0.500. The van der Waals surface area contributed by atoms with E-state index in [0.717, 1.165) is 0 Å². The van der Waals surface area contributed by atoms with Gasteiger partial charge in [-0.25, -0.2) is 8.42 Å². The molecule has 0 radical (unpaired) electrons. The topological polar surface area (TPSA) is 69.4 Å². The number of hydrogen-bond donors (Lipinski definition) is 0. The maximum atomic E-state index is 10.6. The van der Waals surface area contributed by atoms with Gasteiger partial charge in [-0.3, -0.25) is 0 Å². The Morgan fingerprint density at radius 3 is 2.92 bits per heavy atom. The Hall–Kier alpha value is -0.590. The zero-order valence-corrected chi connectivity index (χ0v) is 8.43. The average Bonchev–Trinajstić information content (AvgIpc) is 2.33. The number of aromatic nitrogens is 1. The minimum Gasteiger partial charge on any atom is -0.377 e. The highest BCUT2D eigenvalue weighted by molar-refractivity contribution is 8.13. The molecule has 0 aliphatic carbocycles. The molecule has 0 aliphatic heterocycles. The number of rotatable bonds is 4. The lowest BCUT2D eigenvalue weighted by Gasteiger charge is -1.88. The Morgan fingerprint density at radius 1 is 1.69 bits per heavy atom. The summed E-state index contributed by atoms with van der Waals surface area (Å²) in [5.74, 6) is 0.139. The molecule has 0 bridgehead atoms. The monoisotopic (exact) mass is 225 g/mol. The van der Waals surface area contributed by atoms with Gasteiger partial charge in [-0.2, -0.15) is 0 Å². The number of nitrogens with zero attached hydrogens (tertiary/aromatic N) is 1. The number of methoxy groups -OCH3 is 1. The molecule has 1 aromatic heterocycles. The second-order valence-corrected chi connectivity index (χ2v) is 5.18. The molecule has 0 saturated heterocycles. The summed E-state index contributed by atoms with van der Waals surface area (Å²) in [6.07, 6.45) is 0. The summed E-state index contributed by atoms with van der Waals surface area (Å²) in [5, 5.41) is 3.50. The standard InChI is InChI=1S/C6H8ClNO4S/c1-11-3-6-2-5(8-12-6)4-13(7,9)10/h2H,3-4H2,1H3. The van der Waals surface area contributed by atoms with Crippen molar-refractivity contribution in [2.24, 2.45) is 0 Å². The van der Waals surface area contributed by atoms with E-state index in [1.165, 1.54) is 13.2 Å². The van der Waals surface area contributed by atoms with Crippen LogP contribution in [0.2, 0.25) is 0 Å². The summed E-state index contributed by atoms with van der Waals surface area (Å²) >= 11 is 0. The summed E-state index contributed by atoms with van der Waals surface area (Å²) in [7, 11) is 2.94. The van der Waals surface area contributed by atoms with Crippen LogP contribution in [0.3, 0.4) is 0 Å².